The van der Waals surface area contributed by atoms with Gasteiger partial charge in [-0.1, -0.05) is 19.8 Å². The first-order valence-electron chi connectivity index (χ1n) is 5.67. The zero-order chi connectivity index (χ0) is 11.5. The molecule has 0 aliphatic heterocycles. The van der Waals surface area contributed by atoms with Crippen molar-refractivity contribution in [2.24, 2.45) is 11.7 Å². The van der Waals surface area contributed by atoms with Gasteiger partial charge in [0.1, 0.15) is 0 Å². The molecule has 0 spiro atoms. The lowest BCUT2D eigenvalue weighted by Gasteiger charge is -2.37. The van der Waals surface area contributed by atoms with Gasteiger partial charge in [-0.15, -0.1) is 0 Å². The molecule has 0 aromatic heterocycles. The highest BCUT2D eigenvalue weighted by Gasteiger charge is 2.32. The molecule has 0 amide bonds. The van der Waals surface area contributed by atoms with Gasteiger partial charge >= 0.3 is 0 Å². The lowest BCUT2D eigenvalue weighted by molar-refractivity contribution is 0.188. The molecule has 1 aliphatic carbocycles. The highest BCUT2D eigenvalue weighted by atomic mass is 32.2. The third kappa shape index (κ3) is 3.16. The Labute approximate surface area is 92.9 Å². The van der Waals surface area contributed by atoms with Crippen molar-refractivity contribution in [3.05, 3.63) is 0 Å². The van der Waals surface area contributed by atoms with Crippen molar-refractivity contribution in [3.8, 4) is 0 Å². The highest BCUT2D eigenvalue weighted by Crippen LogP contribution is 2.28. The minimum atomic E-state index is -3.08. The summed E-state index contributed by atoms with van der Waals surface area (Å²) in [5.41, 5.74) is 5.71. The molecule has 0 radical (unpaired) electrons. The van der Waals surface area contributed by atoms with Crippen molar-refractivity contribution < 1.29 is 8.42 Å². The summed E-state index contributed by atoms with van der Waals surface area (Å²) in [7, 11) is -3.08. The molecule has 1 fully saturated rings. The Morgan fingerprint density at radius 2 is 1.93 bits per heavy atom. The van der Waals surface area contributed by atoms with E-state index in [4.69, 9.17) is 5.73 Å². The van der Waals surface area contributed by atoms with Gasteiger partial charge < -0.3 is 5.73 Å². The second-order valence-corrected chi connectivity index (χ2v) is 6.25. The molecule has 2 unspecified atom stereocenters. The molecule has 4 nitrogen and oxygen atoms in total. The predicted octanol–water partition coefficient (Wildman–Crippen LogP) is 0.785. The summed E-state index contributed by atoms with van der Waals surface area (Å²) in [4.78, 5) is 0. The van der Waals surface area contributed by atoms with Gasteiger partial charge in [0.05, 0.1) is 6.26 Å². The van der Waals surface area contributed by atoms with E-state index in [-0.39, 0.29) is 6.04 Å². The Bertz CT molecular complexity index is 290. The molecule has 2 N–H and O–H groups in total. The molecular formula is C10H22N2O2S. The summed E-state index contributed by atoms with van der Waals surface area (Å²) in [6, 6.07) is 0.128. The number of hydrogen-bond donors (Lipinski definition) is 1. The molecule has 1 rings (SSSR count). The van der Waals surface area contributed by atoms with Gasteiger partial charge in [0.15, 0.2) is 0 Å². The van der Waals surface area contributed by atoms with Crippen molar-refractivity contribution in [3.63, 3.8) is 0 Å². The minimum Gasteiger partial charge on any atom is -0.330 e. The molecule has 1 saturated carbocycles. The van der Waals surface area contributed by atoms with Crippen LogP contribution in [-0.2, 0) is 10.0 Å². The highest BCUT2D eigenvalue weighted by molar-refractivity contribution is 7.88. The van der Waals surface area contributed by atoms with Crippen LogP contribution in [0.5, 0.6) is 0 Å². The maximum Gasteiger partial charge on any atom is 0.211 e. The molecule has 90 valence electrons. The standard InChI is InChI=1S/C10H22N2O2S/c1-3-12(15(2,13)14)10-7-5-4-6-9(10)8-11/h9-10H,3-8,11H2,1-2H3. The second-order valence-electron chi connectivity index (χ2n) is 4.31. The Morgan fingerprint density at radius 1 is 1.33 bits per heavy atom. The van der Waals surface area contributed by atoms with Crippen molar-refractivity contribution >= 4 is 10.0 Å². The van der Waals surface area contributed by atoms with E-state index in [2.05, 4.69) is 0 Å². The molecule has 0 heterocycles. The third-order valence-corrected chi connectivity index (χ3v) is 4.66. The fraction of sp³-hybridized carbons (Fsp3) is 1.00. The lowest BCUT2D eigenvalue weighted by atomic mass is 9.84. The first-order valence-corrected chi connectivity index (χ1v) is 7.52. The summed E-state index contributed by atoms with van der Waals surface area (Å²) < 4.78 is 24.8. The third-order valence-electron chi connectivity index (χ3n) is 3.28. The van der Waals surface area contributed by atoms with Crippen molar-refractivity contribution in [2.45, 2.75) is 38.6 Å². The number of hydrogen-bond acceptors (Lipinski definition) is 3. The summed E-state index contributed by atoms with van der Waals surface area (Å²) in [6.07, 6.45) is 5.61. The van der Waals surface area contributed by atoms with Crippen LogP contribution in [0.4, 0.5) is 0 Å². The van der Waals surface area contributed by atoms with Gasteiger partial charge in [0, 0.05) is 12.6 Å². The van der Waals surface area contributed by atoms with Crippen LogP contribution in [0.3, 0.4) is 0 Å². The zero-order valence-electron chi connectivity index (χ0n) is 9.65. The van der Waals surface area contributed by atoms with Gasteiger partial charge in [-0.3, -0.25) is 0 Å². The number of sulfonamides is 1. The van der Waals surface area contributed by atoms with Crippen LogP contribution >= 0.6 is 0 Å². The summed E-state index contributed by atoms with van der Waals surface area (Å²) >= 11 is 0. The van der Waals surface area contributed by atoms with Gasteiger partial charge in [0.25, 0.3) is 0 Å². The van der Waals surface area contributed by atoms with Crippen molar-refractivity contribution in [2.75, 3.05) is 19.3 Å². The average molecular weight is 234 g/mol. The maximum absolute atomic E-state index is 11.6. The molecule has 0 saturated heterocycles. The van der Waals surface area contributed by atoms with Crippen molar-refractivity contribution in [1.29, 1.82) is 0 Å². The number of rotatable bonds is 4. The van der Waals surface area contributed by atoms with Crippen LogP contribution in [0.2, 0.25) is 0 Å². The van der Waals surface area contributed by atoms with Crippen LogP contribution in [0.15, 0.2) is 0 Å². The predicted molar refractivity (Wildman–Crippen MR) is 62.0 cm³/mol. The fourth-order valence-corrected chi connectivity index (χ4v) is 3.80. The summed E-state index contributed by atoms with van der Waals surface area (Å²) in [5, 5.41) is 0. The van der Waals surface area contributed by atoms with E-state index in [0.717, 1.165) is 19.3 Å². The van der Waals surface area contributed by atoms with E-state index < -0.39 is 10.0 Å². The molecule has 0 bridgehead atoms. The van der Waals surface area contributed by atoms with Crippen LogP contribution in [-0.4, -0.2) is 38.1 Å². The average Bonchev–Trinajstić information content (AvgIpc) is 2.17. The van der Waals surface area contributed by atoms with E-state index in [0.29, 0.717) is 19.0 Å². The van der Waals surface area contributed by atoms with E-state index >= 15 is 0 Å². The zero-order valence-corrected chi connectivity index (χ0v) is 10.5. The van der Waals surface area contributed by atoms with E-state index in [1.807, 2.05) is 6.92 Å². The van der Waals surface area contributed by atoms with E-state index in [9.17, 15) is 8.42 Å². The molecule has 15 heavy (non-hydrogen) atoms. The SMILES string of the molecule is CCN(C1CCCCC1CN)S(C)(=O)=O. The molecular weight excluding hydrogens is 212 g/mol. The monoisotopic (exact) mass is 234 g/mol. The Balaban J connectivity index is 2.81. The summed E-state index contributed by atoms with van der Waals surface area (Å²) in [5.74, 6) is 0.341. The number of nitrogens with two attached hydrogens (primary N) is 1. The topological polar surface area (TPSA) is 63.4 Å². The van der Waals surface area contributed by atoms with Crippen LogP contribution in [0.25, 0.3) is 0 Å². The van der Waals surface area contributed by atoms with Crippen LogP contribution in [0, 0.1) is 5.92 Å². The Hall–Kier alpha value is -0.130. The minimum absolute atomic E-state index is 0.128. The molecule has 0 aromatic carbocycles. The second kappa shape index (κ2) is 5.27. The Kier molecular flexibility index (Phi) is 4.55. The molecule has 0 aromatic rings. The van der Waals surface area contributed by atoms with Gasteiger partial charge in [-0.05, 0) is 25.3 Å². The van der Waals surface area contributed by atoms with Crippen LogP contribution < -0.4 is 5.73 Å². The summed E-state index contributed by atoms with van der Waals surface area (Å²) in [6.45, 7) is 3.04. The number of nitrogens with zero attached hydrogens (tertiary/aromatic N) is 1. The van der Waals surface area contributed by atoms with Crippen molar-refractivity contribution in [1.82, 2.24) is 4.31 Å². The normalized spacial score (nSPS) is 28.3. The molecule has 2 atom stereocenters. The maximum atomic E-state index is 11.6. The lowest BCUT2D eigenvalue weighted by Crippen LogP contribution is -2.47. The smallest absolute Gasteiger partial charge is 0.211 e. The quantitative estimate of drug-likeness (QED) is 0.782. The van der Waals surface area contributed by atoms with Gasteiger partial charge in [-0.25, -0.2) is 8.42 Å². The van der Waals surface area contributed by atoms with E-state index in [1.54, 1.807) is 4.31 Å². The Morgan fingerprint density at radius 3 is 2.40 bits per heavy atom. The molecule has 5 heteroatoms. The van der Waals surface area contributed by atoms with Crippen LogP contribution in [0.1, 0.15) is 32.6 Å². The first-order chi connectivity index (χ1) is 7.00. The van der Waals surface area contributed by atoms with Gasteiger partial charge in [-0.2, -0.15) is 4.31 Å². The molecule has 1 aliphatic rings. The van der Waals surface area contributed by atoms with Gasteiger partial charge in [0.2, 0.25) is 10.0 Å². The fourth-order valence-electron chi connectivity index (χ4n) is 2.56. The largest absolute Gasteiger partial charge is 0.330 e. The van der Waals surface area contributed by atoms with E-state index in [1.165, 1.54) is 12.7 Å². The first kappa shape index (κ1) is 12.9.